The molecule has 0 radical (unpaired) electrons. The molecule has 1 N–H and O–H groups in total. The number of hydrogen-bond donors (Lipinski definition) is 1. The fourth-order valence-corrected chi connectivity index (χ4v) is 4.53. The Labute approximate surface area is 212 Å². The van der Waals surface area contributed by atoms with E-state index in [1.807, 2.05) is 50.2 Å². The van der Waals surface area contributed by atoms with Crippen molar-refractivity contribution in [1.82, 2.24) is 25.0 Å². The van der Waals surface area contributed by atoms with E-state index in [4.69, 9.17) is 10.1 Å². The van der Waals surface area contributed by atoms with Crippen molar-refractivity contribution < 1.29 is 9.18 Å². The number of benzene rings is 2. The molecular formula is C29H34FN5O. The molecule has 4 rings (SSSR count). The van der Waals surface area contributed by atoms with Gasteiger partial charge in [0, 0.05) is 11.6 Å². The van der Waals surface area contributed by atoms with Gasteiger partial charge < -0.3 is 10.2 Å². The summed E-state index contributed by atoms with van der Waals surface area (Å²) in [6.07, 6.45) is 1.91. The van der Waals surface area contributed by atoms with Gasteiger partial charge in [-0.25, -0.2) is 14.1 Å². The Bertz CT molecular complexity index is 1330. The topological polar surface area (TPSA) is 63.1 Å². The van der Waals surface area contributed by atoms with Crippen LogP contribution in [-0.2, 0) is 0 Å². The number of amides is 1. The molecular weight excluding hydrogens is 453 g/mol. The van der Waals surface area contributed by atoms with E-state index in [1.54, 1.807) is 16.8 Å². The van der Waals surface area contributed by atoms with Gasteiger partial charge in [0.05, 0.1) is 11.1 Å². The largest absolute Gasteiger partial charge is 0.348 e. The predicted octanol–water partition coefficient (Wildman–Crippen LogP) is 5.78. The highest BCUT2D eigenvalue weighted by Gasteiger charge is 2.21. The van der Waals surface area contributed by atoms with Gasteiger partial charge in [0.1, 0.15) is 17.2 Å². The quantitative estimate of drug-likeness (QED) is 0.308. The smallest absolute Gasteiger partial charge is 0.270 e. The van der Waals surface area contributed by atoms with E-state index >= 15 is 0 Å². The van der Waals surface area contributed by atoms with E-state index in [0.29, 0.717) is 17.0 Å². The molecule has 0 fully saturated rings. The molecule has 0 spiro atoms. The Balaban J connectivity index is 1.67. The minimum atomic E-state index is -0.360. The van der Waals surface area contributed by atoms with Crippen LogP contribution in [-0.4, -0.2) is 51.2 Å². The minimum absolute atomic E-state index is 0.0267. The third-order valence-corrected chi connectivity index (χ3v) is 6.55. The molecule has 0 aliphatic heterocycles. The molecule has 1 atom stereocenters. The van der Waals surface area contributed by atoms with Gasteiger partial charge in [-0.05, 0) is 76.2 Å². The van der Waals surface area contributed by atoms with Crippen molar-refractivity contribution in [3.05, 3.63) is 77.7 Å². The Hall–Kier alpha value is -3.58. The van der Waals surface area contributed by atoms with Crippen LogP contribution in [0.5, 0.6) is 0 Å². The lowest BCUT2D eigenvalue weighted by Crippen LogP contribution is -2.34. The highest BCUT2D eigenvalue weighted by molar-refractivity contribution is 5.99. The van der Waals surface area contributed by atoms with Crippen molar-refractivity contribution >= 4 is 16.9 Å². The molecule has 0 aliphatic carbocycles. The summed E-state index contributed by atoms with van der Waals surface area (Å²) < 4.78 is 15.7. The van der Waals surface area contributed by atoms with E-state index in [9.17, 15) is 9.18 Å². The summed E-state index contributed by atoms with van der Waals surface area (Å²) in [4.78, 5) is 20.3. The second kappa shape index (κ2) is 11.4. The number of hydrogen-bond acceptors (Lipinski definition) is 4. The van der Waals surface area contributed by atoms with Crippen LogP contribution in [0, 0.1) is 12.7 Å². The molecule has 1 unspecified atom stereocenters. The van der Waals surface area contributed by atoms with E-state index in [-0.39, 0.29) is 17.8 Å². The second-order valence-electron chi connectivity index (χ2n) is 9.17. The number of fused-ring (bicyclic) bond motifs is 1. The highest BCUT2D eigenvalue weighted by Crippen LogP contribution is 2.31. The number of carbonyl (C=O) groups is 1. The van der Waals surface area contributed by atoms with Gasteiger partial charge in [-0.2, -0.15) is 5.10 Å². The fourth-order valence-electron chi connectivity index (χ4n) is 4.53. The van der Waals surface area contributed by atoms with Gasteiger partial charge in [0.15, 0.2) is 5.65 Å². The van der Waals surface area contributed by atoms with Gasteiger partial charge in [-0.3, -0.25) is 4.79 Å². The van der Waals surface area contributed by atoms with Gasteiger partial charge >= 0.3 is 0 Å². The molecule has 2 aromatic carbocycles. The Morgan fingerprint density at radius 2 is 1.83 bits per heavy atom. The molecule has 0 saturated carbocycles. The molecule has 2 heterocycles. The zero-order valence-corrected chi connectivity index (χ0v) is 21.5. The lowest BCUT2D eigenvalue weighted by Gasteiger charge is -2.19. The third kappa shape index (κ3) is 5.62. The zero-order chi connectivity index (χ0) is 25.7. The maximum absolute atomic E-state index is 14.1. The number of nitrogens with one attached hydrogen (secondary N) is 1. The first kappa shape index (κ1) is 25.5. The molecule has 4 aromatic rings. The summed E-state index contributed by atoms with van der Waals surface area (Å²) >= 11 is 0. The number of pyridine rings is 1. The number of nitrogens with zero attached hydrogens (tertiary/aromatic N) is 4. The summed E-state index contributed by atoms with van der Waals surface area (Å²) in [5, 5.41) is 8.75. The zero-order valence-electron chi connectivity index (χ0n) is 21.5. The van der Waals surface area contributed by atoms with Crippen LogP contribution < -0.4 is 5.32 Å². The van der Waals surface area contributed by atoms with Crippen LogP contribution in [0.2, 0.25) is 0 Å². The van der Waals surface area contributed by atoms with Crippen LogP contribution in [0.3, 0.4) is 0 Å². The number of carbonyl (C=O) groups excluding carboxylic acids is 1. The van der Waals surface area contributed by atoms with E-state index in [1.165, 1.54) is 12.1 Å². The van der Waals surface area contributed by atoms with Crippen LogP contribution in [0.1, 0.15) is 49.7 Å². The Kier molecular flexibility index (Phi) is 8.10. The Morgan fingerprint density at radius 3 is 2.53 bits per heavy atom. The number of rotatable bonds is 10. The molecule has 6 nitrogen and oxygen atoms in total. The van der Waals surface area contributed by atoms with Crippen LogP contribution in [0.4, 0.5) is 4.39 Å². The van der Waals surface area contributed by atoms with Crippen LogP contribution >= 0.6 is 0 Å². The lowest BCUT2D eigenvalue weighted by molar-refractivity contribution is 0.0932. The van der Waals surface area contributed by atoms with Crippen LogP contribution in [0.15, 0.2) is 60.7 Å². The first-order valence-corrected chi connectivity index (χ1v) is 12.7. The van der Waals surface area contributed by atoms with Gasteiger partial charge in [-0.1, -0.05) is 50.2 Å². The first-order chi connectivity index (χ1) is 17.4. The Morgan fingerprint density at radius 1 is 1.08 bits per heavy atom. The first-order valence-electron chi connectivity index (χ1n) is 12.7. The monoisotopic (exact) mass is 487 g/mol. The molecule has 2 aromatic heterocycles. The SMILES string of the molecule is CCN(CC)CCCC(C)NC(=O)c1cc(C)c2c(-c3ccccc3)nn(-c3cccc(F)c3)c2n1. The minimum Gasteiger partial charge on any atom is -0.348 e. The summed E-state index contributed by atoms with van der Waals surface area (Å²) in [7, 11) is 0. The third-order valence-electron chi connectivity index (χ3n) is 6.55. The van der Waals surface area contributed by atoms with Crippen molar-refractivity contribution in [3.8, 4) is 16.9 Å². The molecule has 1 amide bonds. The normalized spacial score (nSPS) is 12.3. The maximum atomic E-state index is 14.1. The van der Waals surface area contributed by atoms with Crippen molar-refractivity contribution in [2.45, 2.75) is 46.6 Å². The van der Waals surface area contributed by atoms with E-state index < -0.39 is 0 Å². The predicted molar refractivity (Wildman–Crippen MR) is 143 cm³/mol. The summed E-state index contributed by atoms with van der Waals surface area (Å²) in [5.41, 5.74) is 3.97. The molecule has 36 heavy (non-hydrogen) atoms. The van der Waals surface area contributed by atoms with Gasteiger partial charge in [0.25, 0.3) is 5.91 Å². The molecule has 0 aliphatic rings. The van der Waals surface area contributed by atoms with Gasteiger partial charge in [0.2, 0.25) is 0 Å². The number of aromatic nitrogens is 3. The standard InChI is InChI=1S/C29H34FN5O/c1-5-34(6-2)17-11-12-21(4)31-29(36)25-18-20(3)26-27(22-13-8-7-9-14-22)33-35(28(26)32-25)24-16-10-15-23(30)19-24/h7-10,13-16,18-19,21H,5-6,11-12,17H2,1-4H3,(H,31,36). The maximum Gasteiger partial charge on any atom is 0.270 e. The fraction of sp³-hybridized carbons (Fsp3) is 0.345. The number of aryl methyl sites for hydroxylation is 1. The average Bonchev–Trinajstić information content (AvgIpc) is 3.27. The van der Waals surface area contributed by atoms with E-state index in [0.717, 1.165) is 54.7 Å². The molecule has 0 saturated heterocycles. The molecule has 7 heteroatoms. The lowest BCUT2D eigenvalue weighted by atomic mass is 10.0. The second-order valence-corrected chi connectivity index (χ2v) is 9.17. The highest BCUT2D eigenvalue weighted by atomic mass is 19.1. The summed E-state index contributed by atoms with van der Waals surface area (Å²) in [5.74, 6) is -0.579. The molecule has 0 bridgehead atoms. The summed E-state index contributed by atoms with van der Waals surface area (Å²) in [6, 6.07) is 17.9. The van der Waals surface area contributed by atoms with Crippen molar-refractivity contribution in [2.75, 3.05) is 19.6 Å². The van der Waals surface area contributed by atoms with Crippen molar-refractivity contribution in [2.24, 2.45) is 0 Å². The average molecular weight is 488 g/mol. The molecule has 188 valence electrons. The van der Waals surface area contributed by atoms with Crippen LogP contribution in [0.25, 0.3) is 28.0 Å². The van der Waals surface area contributed by atoms with Crippen molar-refractivity contribution in [1.29, 1.82) is 0 Å². The number of halogens is 1. The van der Waals surface area contributed by atoms with Crippen molar-refractivity contribution in [3.63, 3.8) is 0 Å². The van der Waals surface area contributed by atoms with E-state index in [2.05, 4.69) is 24.1 Å². The van der Waals surface area contributed by atoms with Gasteiger partial charge in [-0.15, -0.1) is 0 Å². The summed E-state index contributed by atoms with van der Waals surface area (Å²) in [6.45, 7) is 11.4.